The van der Waals surface area contributed by atoms with Gasteiger partial charge in [0.2, 0.25) is 0 Å². The molecule has 0 spiro atoms. The second kappa shape index (κ2) is 10.3. The molecule has 0 aliphatic carbocycles. The first-order valence-corrected chi connectivity index (χ1v) is 9.32. The molecule has 28 heavy (non-hydrogen) atoms. The van der Waals surface area contributed by atoms with Crippen LogP contribution in [-0.4, -0.2) is 49.0 Å². The van der Waals surface area contributed by atoms with Crippen LogP contribution < -0.4 is 14.8 Å². The molecular formula is C21H27N3O4. The number of methoxy groups -OCH3 is 2. The molecule has 1 heterocycles. The lowest BCUT2D eigenvalue weighted by Crippen LogP contribution is -2.33. The maximum absolute atomic E-state index is 12.7. The predicted molar refractivity (Wildman–Crippen MR) is 108 cm³/mol. The number of ether oxygens (including phenoxy) is 2. The van der Waals surface area contributed by atoms with Gasteiger partial charge in [-0.25, -0.2) is 0 Å². The largest absolute Gasteiger partial charge is 0.497 e. The minimum atomic E-state index is -0.350. The number of hydrogen-bond donors (Lipinski definition) is 1. The van der Waals surface area contributed by atoms with E-state index in [1.165, 1.54) is 19.4 Å². The van der Waals surface area contributed by atoms with E-state index in [-0.39, 0.29) is 17.5 Å². The molecule has 2 rings (SSSR count). The van der Waals surface area contributed by atoms with Crippen molar-refractivity contribution < 1.29 is 19.1 Å². The minimum Gasteiger partial charge on any atom is -0.497 e. The van der Waals surface area contributed by atoms with Gasteiger partial charge in [-0.1, -0.05) is 13.8 Å². The molecule has 0 aliphatic rings. The van der Waals surface area contributed by atoms with E-state index in [1.54, 1.807) is 36.3 Å². The van der Waals surface area contributed by atoms with Crippen LogP contribution in [0, 0.1) is 0 Å². The maximum atomic E-state index is 12.7. The average molecular weight is 385 g/mol. The molecule has 0 radical (unpaired) electrons. The van der Waals surface area contributed by atoms with Crippen LogP contribution in [0.5, 0.6) is 11.5 Å². The highest BCUT2D eigenvalue weighted by Gasteiger charge is 2.18. The molecular weight excluding hydrogens is 358 g/mol. The fraction of sp³-hybridized carbons (Fsp3) is 0.381. The Morgan fingerprint density at radius 3 is 2.36 bits per heavy atom. The van der Waals surface area contributed by atoms with Gasteiger partial charge in [0, 0.05) is 30.9 Å². The van der Waals surface area contributed by atoms with Crippen LogP contribution in [0.1, 0.15) is 47.5 Å². The van der Waals surface area contributed by atoms with Crippen molar-refractivity contribution in [1.82, 2.24) is 9.88 Å². The lowest BCUT2D eigenvalue weighted by atomic mass is 10.2. The lowest BCUT2D eigenvalue weighted by Gasteiger charge is -2.21. The van der Waals surface area contributed by atoms with E-state index >= 15 is 0 Å². The third kappa shape index (κ3) is 5.22. The van der Waals surface area contributed by atoms with E-state index in [0.29, 0.717) is 35.8 Å². The molecule has 1 aromatic carbocycles. The number of carbonyl (C=O) groups is 2. The van der Waals surface area contributed by atoms with Gasteiger partial charge in [-0.3, -0.25) is 14.6 Å². The van der Waals surface area contributed by atoms with Gasteiger partial charge in [-0.05, 0) is 37.1 Å². The standard InChI is InChI=1S/C21H27N3O4/c1-5-11-24(12-6-2)21(26)18-13-15(9-10-22-18)20(25)23-17-8-7-16(27-3)14-19(17)28-4/h7-10,13-14H,5-6,11-12H2,1-4H3,(H,23,25). The normalized spacial score (nSPS) is 10.3. The van der Waals surface area contributed by atoms with Gasteiger partial charge < -0.3 is 19.7 Å². The molecule has 1 N–H and O–H groups in total. The minimum absolute atomic E-state index is 0.166. The Morgan fingerprint density at radius 1 is 1.04 bits per heavy atom. The zero-order valence-corrected chi connectivity index (χ0v) is 16.8. The van der Waals surface area contributed by atoms with Crippen molar-refractivity contribution in [2.24, 2.45) is 0 Å². The fourth-order valence-corrected chi connectivity index (χ4v) is 2.80. The molecule has 0 saturated carbocycles. The van der Waals surface area contributed by atoms with Crippen LogP contribution in [0.3, 0.4) is 0 Å². The molecule has 2 amide bonds. The Morgan fingerprint density at radius 2 is 1.75 bits per heavy atom. The van der Waals surface area contributed by atoms with Crippen LogP contribution in [0.2, 0.25) is 0 Å². The molecule has 0 fully saturated rings. The molecule has 1 aromatic heterocycles. The third-order valence-corrected chi connectivity index (χ3v) is 4.17. The van der Waals surface area contributed by atoms with E-state index < -0.39 is 0 Å². The van der Waals surface area contributed by atoms with Crippen molar-refractivity contribution >= 4 is 17.5 Å². The number of nitrogens with one attached hydrogen (secondary N) is 1. The van der Waals surface area contributed by atoms with E-state index in [1.807, 2.05) is 13.8 Å². The summed E-state index contributed by atoms with van der Waals surface area (Å²) in [5.41, 5.74) is 1.12. The molecule has 0 atom stereocenters. The number of amides is 2. The summed E-state index contributed by atoms with van der Waals surface area (Å²) in [7, 11) is 3.08. The smallest absolute Gasteiger partial charge is 0.272 e. The first kappa shape index (κ1) is 21.2. The Bertz CT molecular complexity index is 817. The summed E-state index contributed by atoms with van der Waals surface area (Å²) in [6.45, 7) is 5.37. The van der Waals surface area contributed by atoms with Crippen LogP contribution >= 0.6 is 0 Å². The second-order valence-corrected chi connectivity index (χ2v) is 6.24. The summed E-state index contributed by atoms with van der Waals surface area (Å²) < 4.78 is 10.5. The van der Waals surface area contributed by atoms with Crippen molar-refractivity contribution in [1.29, 1.82) is 0 Å². The number of benzene rings is 1. The Kier molecular flexibility index (Phi) is 7.80. The monoisotopic (exact) mass is 385 g/mol. The first-order chi connectivity index (χ1) is 13.5. The van der Waals surface area contributed by atoms with E-state index in [4.69, 9.17) is 9.47 Å². The summed E-state index contributed by atoms with van der Waals surface area (Å²) in [5, 5.41) is 2.80. The molecule has 0 aliphatic heterocycles. The number of rotatable bonds is 9. The number of anilines is 1. The molecule has 7 heteroatoms. The highest BCUT2D eigenvalue weighted by molar-refractivity contribution is 6.06. The Labute approximate surface area is 165 Å². The summed E-state index contributed by atoms with van der Waals surface area (Å²) >= 11 is 0. The quantitative estimate of drug-likeness (QED) is 0.713. The summed E-state index contributed by atoms with van der Waals surface area (Å²) in [6, 6.07) is 8.21. The molecule has 0 saturated heterocycles. The number of carbonyl (C=O) groups excluding carboxylic acids is 2. The van der Waals surface area contributed by atoms with Gasteiger partial charge >= 0.3 is 0 Å². The zero-order chi connectivity index (χ0) is 20.5. The molecule has 150 valence electrons. The number of aromatic nitrogens is 1. The van der Waals surface area contributed by atoms with Gasteiger partial charge in [-0.2, -0.15) is 0 Å². The first-order valence-electron chi connectivity index (χ1n) is 9.32. The van der Waals surface area contributed by atoms with Gasteiger partial charge in [-0.15, -0.1) is 0 Å². The molecule has 2 aromatic rings. The van der Waals surface area contributed by atoms with Gasteiger partial charge in [0.05, 0.1) is 19.9 Å². The summed E-state index contributed by atoms with van der Waals surface area (Å²) in [5.74, 6) is 0.589. The maximum Gasteiger partial charge on any atom is 0.272 e. The van der Waals surface area contributed by atoms with Crippen LogP contribution in [0.15, 0.2) is 36.5 Å². The lowest BCUT2D eigenvalue weighted by molar-refractivity contribution is 0.0749. The molecule has 0 bridgehead atoms. The topological polar surface area (TPSA) is 80.8 Å². The molecule has 0 unspecified atom stereocenters. The van der Waals surface area contributed by atoms with Crippen molar-refractivity contribution in [3.63, 3.8) is 0 Å². The Balaban J connectivity index is 2.21. The van der Waals surface area contributed by atoms with Crippen molar-refractivity contribution in [2.75, 3.05) is 32.6 Å². The second-order valence-electron chi connectivity index (χ2n) is 6.24. The van der Waals surface area contributed by atoms with E-state index in [0.717, 1.165) is 12.8 Å². The van der Waals surface area contributed by atoms with Gasteiger partial charge in [0.1, 0.15) is 17.2 Å². The van der Waals surface area contributed by atoms with Crippen LogP contribution in [0.25, 0.3) is 0 Å². The third-order valence-electron chi connectivity index (χ3n) is 4.17. The van der Waals surface area contributed by atoms with Crippen molar-refractivity contribution in [3.05, 3.63) is 47.8 Å². The number of nitrogens with zero attached hydrogens (tertiary/aromatic N) is 2. The number of hydrogen-bond acceptors (Lipinski definition) is 5. The predicted octanol–water partition coefficient (Wildman–Crippen LogP) is 3.61. The zero-order valence-electron chi connectivity index (χ0n) is 16.8. The van der Waals surface area contributed by atoms with Crippen molar-refractivity contribution in [3.8, 4) is 11.5 Å². The highest BCUT2D eigenvalue weighted by Crippen LogP contribution is 2.29. The summed E-state index contributed by atoms with van der Waals surface area (Å²) in [4.78, 5) is 31.3. The fourth-order valence-electron chi connectivity index (χ4n) is 2.80. The summed E-state index contributed by atoms with van der Waals surface area (Å²) in [6.07, 6.45) is 3.20. The highest BCUT2D eigenvalue weighted by atomic mass is 16.5. The van der Waals surface area contributed by atoms with Gasteiger partial charge in [0.15, 0.2) is 0 Å². The molecule has 7 nitrogen and oxygen atoms in total. The Hall–Kier alpha value is -3.09. The average Bonchev–Trinajstić information content (AvgIpc) is 2.73. The van der Waals surface area contributed by atoms with Crippen molar-refractivity contribution in [2.45, 2.75) is 26.7 Å². The van der Waals surface area contributed by atoms with E-state index in [2.05, 4.69) is 10.3 Å². The number of pyridine rings is 1. The SMILES string of the molecule is CCCN(CCC)C(=O)c1cc(C(=O)Nc2ccc(OC)cc2OC)ccn1. The van der Waals surface area contributed by atoms with Crippen LogP contribution in [-0.2, 0) is 0 Å². The van der Waals surface area contributed by atoms with E-state index in [9.17, 15) is 9.59 Å². The van der Waals surface area contributed by atoms with Gasteiger partial charge in [0.25, 0.3) is 11.8 Å². The van der Waals surface area contributed by atoms with Crippen LogP contribution in [0.4, 0.5) is 5.69 Å².